The molecule has 0 aliphatic heterocycles. The normalized spacial score (nSPS) is 11.8. The van der Waals surface area contributed by atoms with Gasteiger partial charge >= 0.3 is 6.18 Å². The van der Waals surface area contributed by atoms with E-state index in [4.69, 9.17) is 22.4 Å². The van der Waals surface area contributed by atoms with Crippen LogP contribution in [0.1, 0.15) is 11.1 Å². The Morgan fingerprint density at radius 2 is 1.93 bits per heavy atom. The molecule has 1 aromatic rings. The van der Waals surface area contributed by atoms with E-state index in [2.05, 4.69) is 0 Å². The first kappa shape index (κ1) is 11.1. The molecule has 2 nitrogen and oxygen atoms in total. The Balaban J connectivity index is 3.35. The molecule has 3 N–H and O–H groups in total. The Hall–Kier alpha value is -0.940. The first-order chi connectivity index (χ1) is 6.36. The van der Waals surface area contributed by atoms with Crippen molar-refractivity contribution in [3.63, 3.8) is 0 Å². The zero-order valence-electron chi connectivity index (χ0n) is 6.90. The highest BCUT2D eigenvalue weighted by atomic mass is 35.5. The molecule has 78 valence electrons. The summed E-state index contributed by atoms with van der Waals surface area (Å²) >= 11 is 5.51. The number of hydrogen-bond acceptors (Lipinski definition) is 2. The minimum atomic E-state index is -4.53. The fourth-order valence-corrected chi connectivity index (χ4v) is 1.21. The SMILES string of the molecule is Nc1cc(C(F)(F)F)c(CO)cc1Cl. The van der Waals surface area contributed by atoms with Crippen molar-refractivity contribution in [2.45, 2.75) is 12.8 Å². The number of alkyl halides is 3. The van der Waals surface area contributed by atoms with Crippen molar-refractivity contribution >= 4 is 17.3 Å². The highest BCUT2D eigenvalue weighted by molar-refractivity contribution is 6.33. The van der Waals surface area contributed by atoms with Gasteiger partial charge in [-0.2, -0.15) is 13.2 Å². The van der Waals surface area contributed by atoms with Crippen LogP contribution in [0.3, 0.4) is 0 Å². The maximum absolute atomic E-state index is 12.3. The lowest BCUT2D eigenvalue weighted by Gasteiger charge is -2.12. The third-order valence-corrected chi connectivity index (χ3v) is 2.03. The molecule has 1 aromatic carbocycles. The van der Waals surface area contributed by atoms with Gasteiger partial charge in [0.1, 0.15) is 0 Å². The molecule has 14 heavy (non-hydrogen) atoms. The molecule has 0 atom stereocenters. The van der Waals surface area contributed by atoms with Crippen LogP contribution in [0.2, 0.25) is 5.02 Å². The Labute approximate surface area is 83.1 Å². The van der Waals surface area contributed by atoms with E-state index in [0.717, 1.165) is 6.07 Å². The van der Waals surface area contributed by atoms with Crippen LogP contribution in [0, 0.1) is 0 Å². The zero-order valence-corrected chi connectivity index (χ0v) is 7.65. The highest BCUT2D eigenvalue weighted by Gasteiger charge is 2.33. The quantitative estimate of drug-likeness (QED) is 0.721. The maximum atomic E-state index is 12.3. The lowest BCUT2D eigenvalue weighted by molar-refractivity contribution is -0.138. The monoisotopic (exact) mass is 225 g/mol. The largest absolute Gasteiger partial charge is 0.416 e. The van der Waals surface area contributed by atoms with Crippen LogP contribution in [-0.4, -0.2) is 5.11 Å². The summed E-state index contributed by atoms with van der Waals surface area (Å²) in [5.41, 5.74) is 3.83. The second kappa shape index (κ2) is 3.67. The summed E-state index contributed by atoms with van der Waals surface area (Å²) in [4.78, 5) is 0. The molecule has 1 rings (SSSR count). The zero-order chi connectivity index (χ0) is 10.9. The van der Waals surface area contributed by atoms with E-state index in [9.17, 15) is 13.2 Å². The molecule has 6 heteroatoms. The van der Waals surface area contributed by atoms with E-state index >= 15 is 0 Å². The lowest BCUT2D eigenvalue weighted by Crippen LogP contribution is -2.10. The summed E-state index contributed by atoms with van der Waals surface area (Å²) in [6.07, 6.45) is -4.53. The first-order valence-corrected chi connectivity index (χ1v) is 4.00. The van der Waals surface area contributed by atoms with E-state index in [1.54, 1.807) is 0 Å². The van der Waals surface area contributed by atoms with Crippen molar-refractivity contribution in [3.8, 4) is 0 Å². The van der Waals surface area contributed by atoms with Gasteiger partial charge in [0.25, 0.3) is 0 Å². The van der Waals surface area contributed by atoms with Crippen LogP contribution in [0.25, 0.3) is 0 Å². The Bertz CT molecular complexity index is 351. The van der Waals surface area contributed by atoms with Gasteiger partial charge in [-0.1, -0.05) is 11.6 Å². The van der Waals surface area contributed by atoms with Crippen LogP contribution in [0.5, 0.6) is 0 Å². The van der Waals surface area contributed by atoms with Crippen molar-refractivity contribution in [1.82, 2.24) is 0 Å². The number of benzene rings is 1. The van der Waals surface area contributed by atoms with Crippen molar-refractivity contribution in [1.29, 1.82) is 0 Å². The van der Waals surface area contributed by atoms with Crippen LogP contribution < -0.4 is 5.73 Å². The minimum absolute atomic E-state index is 0.00190. The fourth-order valence-electron chi connectivity index (χ4n) is 1.03. The molecule has 0 unspecified atom stereocenters. The molecule has 0 spiro atoms. The summed E-state index contributed by atoms with van der Waals surface area (Å²) in [5, 5.41) is 8.70. The van der Waals surface area contributed by atoms with Gasteiger partial charge in [-0.05, 0) is 17.7 Å². The number of nitrogens with two attached hydrogens (primary N) is 1. The van der Waals surface area contributed by atoms with Gasteiger partial charge in [0.15, 0.2) is 0 Å². The lowest BCUT2D eigenvalue weighted by atomic mass is 10.1. The van der Waals surface area contributed by atoms with Gasteiger partial charge < -0.3 is 10.8 Å². The number of nitrogen functional groups attached to an aromatic ring is 1. The van der Waals surface area contributed by atoms with E-state index in [1.807, 2.05) is 0 Å². The second-order valence-electron chi connectivity index (χ2n) is 2.69. The predicted octanol–water partition coefficient (Wildman–Crippen LogP) is 2.43. The van der Waals surface area contributed by atoms with Gasteiger partial charge in [-0.15, -0.1) is 0 Å². The molecule has 0 saturated heterocycles. The maximum Gasteiger partial charge on any atom is 0.416 e. The summed E-state index contributed by atoms with van der Waals surface area (Å²) in [7, 11) is 0. The van der Waals surface area contributed by atoms with E-state index in [-0.39, 0.29) is 16.3 Å². The van der Waals surface area contributed by atoms with Crippen molar-refractivity contribution in [2.75, 3.05) is 5.73 Å². The number of rotatable bonds is 1. The number of halogens is 4. The smallest absolute Gasteiger partial charge is 0.398 e. The molecule has 0 radical (unpaired) electrons. The molecule has 0 amide bonds. The molecular formula is C8H7ClF3NO. The van der Waals surface area contributed by atoms with Crippen molar-refractivity contribution < 1.29 is 18.3 Å². The van der Waals surface area contributed by atoms with Crippen LogP contribution in [-0.2, 0) is 12.8 Å². The summed E-state index contributed by atoms with van der Waals surface area (Å²) in [5.74, 6) is 0. The molecular weight excluding hydrogens is 219 g/mol. The first-order valence-electron chi connectivity index (χ1n) is 3.62. The third kappa shape index (κ3) is 2.10. The van der Waals surface area contributed by atoms with E-state index in [1.165, 1.54) is 0 Å². The van der Waals surface area contributed by atoms with E-state index in [0.29, 0.717) is 6.07 Å². The van der Waals surface area contributed by atoms with Crippen molar-refractivity contribution in [2.24, 2.45) is 0 Å². The Morgan fingerprint density at radius 1 is 1.36 bits per heavy atom. The van der Waals surface area contributed by atoms with Gasteiger partial charge in [0, 0.05) is 0 Å². The fraction of sp³-hybridized carbons (Fsp3) is 0.250. The molecule has 0 saturated carbocycles. The molecule has 0 aliphatic carbocycles. The highest BCUT2D eigenvalue weighted by Crippen LogP contribution is 2.35. The summed E-state index contributed by atoms with van der Waals surface area (Å²) in [6.45, 7) is -0.727. The molecule has 0 aliphatic rings. The molecule has 0 aromatic heterocycles. The number of aliphatic hydroxyl groups is 1. The van der Waals surface area contributed by atoms with E-state index < -0.39 is 18.3 Å². The van der Waals surface area contributed by atoms with Crippen LogP contribution in [0.4, 0.5) is 18.9 Å². The average Bonchev–Trinajstić information content (AvgIpc) is 2.07. The summed E-state index contributed by atoms with van der Waals surface area (Å²) in [6, 6.07) is 1.73. The Morgan fingerprint density at radius 3 is 2.36 bits per heavy atom. The van der Waals surface area contributed by atoms with Crippen LogP contribution >= 0.6 is 11.6 Å². The van der Waals surface area contributed by atoms with Gasteiger partial charge in [-0.25, -0.2) is 0 Å². The average molecular weight is 226 g/mol. The van der Waals surface area contributed by atoms with Crippen LogP contribution in [0.15, 0.2) is 12.1 Å². The Kier molecular flexibility index (Phi) is 2.92. The topological polar surface area (TPSA) is 46.2 Å². The number of aliphatic hydroxyl groups excluding tert-OH is 1. The number of hydrogen-bond donors (Lipinski definition) is 2. The summed E-state index contributed by atoms with van der Waals surface area (Å²) < 4.78 is 37.0. The third-order valence-electron chi connectivity index (χ3n) is 1.70. The molecule has 0 heterocycles. The molecule has 0 bridgehead atoms. The molecule has 0 fully saturated rings. The van der Waals surface area contributed by atoms with Gasteiger partial charge in [0.2, 0.25) is 0 Å². The second-order valence-corrected chi connectivity index (χ2v) is 3.09. The number of anilines is 1. The van der Waals surface area contributed by atoms with Crippen molar-refractivity contribution in [3.05, 3.63) is 28.3 Å². The minimum Gasteiger partial charge on any atom is -0.398 e. The van der Waals surface area contributed by atoms with Gasteiger partial charge in [-0.3, -0.25) is 0 Å². The standard InChI is InChI=1S/C8H7ClF3NO/c9-6-1-4(3-14)5(2-7(6)13)8(10,11)12/h1-2,14H,3,13H2. The van der Waals surface area contributed by atoms with Gasteiger partial charge in [0.05, 0.1) is 22.9 Å². The predicted molar refractivity (Wildman–Crippen MR) is 46.8 cm³/mol.